The van der Waals surface area contributed by atoms with Gasteiger partial charge in [-0.2, -0.15) is 0 Å². The van der Waals surface area contributed by atoms with Crippen LogP contribution in [0.25, 0.3) is 0 Å². The lowest BCUT2D eigenvalue weighted by Gasteiger charge is -2.35. The maximum Gasteiger partial charge on any atom is 0.108 e. The summed E-state index contributed by atoms with van der Waals surface area (Å²) in [7, 11) is 0. The van der Waals surface area contributed by atoms with E-state index < -0.39 is 0 Å². The molecule has 0 aromatic carbocycles. The molecule has 2 aliphatic heterocycles. The molecule has 0 spiro atoms. The van der Waals surface area contributed by atoms with Gasteiger partial charge < -0.3 is 9.84 Å². The van der Waals surface area contributed by atoms with Crippen LogP contribution in [0.5, 0.6) is 0 Å². The highest BCUT2D eigenvalue weighted by molar-refractivity contribution is 9.12. The number of hydrogen-bond acceptors (Lipinski definition) is 2. The molecule has 82 valence electrons. The molecule has 2 nitrogen and oxygen atoms in total. The Hall–Kier alpha value is 0.880. The Bertz CT molecular complexity index is 248. The number of hydrogen-bond donors (Lipinski definition) is 1. The van der Waals surface area contributed by atoms with Gasteiger partial charge in [0, 0.05) is 6.42 Å². The van der Waals surface area contributed by atoms with Crippen LogP contribution in [0, 0.1) is 0 Å². The average molecular weight is 328 g/mol. The summed E-state index contributed by atoms with van der Waals surface area (Å²) in [6, 6.07) is 0. The lowest BCUT2D eigenvalue weighted by molar-refractivity contribution is -0.0751. The first-order chi connectivity index (χ1) is 6.52. The SMILES string of the molecule is CCC12CC(O)C(CC)(O1)C(Br)C2Br. The van der Waals surface area contributed by atoms with Crippen molar-refractivity contribution in [3.63, 3.8) is 0 Å². The van der Waals surface area contributed by atoms with E-state index in [0.29, 0.717) is 4.83 Å². The van der Waals surface area contributed by atoms with Crippen LogP contribution in [0.15, 0.2) is 0 Å². The largest absolute Gasteiger partial charge is 0.390 e. The highest BCUT2D eigenvalue weighted by Crippen LogP contribution is 2.58. The minimum Gasteiger partial charge on any atom is -0.390 e. The van der Waals surface area contributed by atoms with Crippen molar-refractivity contribution < 1.29 is 9.84 Å². The average Bonchev–Trinajstić information content (AvgIpc) is 2.60. The van der Waals surface area contributed by atoms with Gasteiger partial charge in [-0.25, -0.2) is 0 Å². The summed E-state index contributed by atoms with van der Waals surface area (Å²) < 4.78 is 6.14. The van der Waals surface area contributed by atoms with Gasteiger partial charge in [0.2, 0.25) is 0 Å². The zero-order chi connectivity index (χ0) is 10.6. The smallest absolute Gasteiger partial charge is 0.108 e. The summed E-state index contributed by atoms with van der Waals surface area (Å²) in [5, 5.41) is 10.1. The minimum atomic E-state index is -0.371. The molecule has 2 rings (SSSR count). The third kappa shape index (κ3) is 1.14. The van der Waals surface area contributed by atoms with E-state index in [1.54, 1.807) is 0 Å². The van der Waals surface area contributed by atoms with Gasteiger partial charge in [0.05, 0.1) is 21.4 Å². The van der Waals surface area contributed by atoms with Gasteiger partial charge >= 0.3 is 0 Å². The molecule has 0 radical (unpaired) electrons. The molecule has 0 aliphatic carbocycles. The Labute approximate surface area is 102 Å². The second kappa shape index (κ2) is 3.44. The van der Waals surface area contributed by atoms with E-state index in [9.17, 15) is 5.11 Å². The van der Waals surface area contributed by atoms with Gasteiger partial charge in [0.15, 0.2) is 0 Å². The first kappa shape index (κ1) is 11.4. The van der Waals surface area contributed by atoms with E-state index in [4.69, 9.17) is 4.74 Å². The number of aliphatic hydroxyl groups excluding tert-OH is 1. The molecule has 0 aromatic heterocycles. The molecule has 1 N–H and O–H groups in total. The Morgan fingerprint density at radius 3 is 2.36 bits per heavy atom. The normalized spacial score (nSPS) is 56.8. The molecule has 0 saturated carbocycles. The van der Waals surface area contributed by atoms with E-state index in [1.807, 2.05) is 0 Å². The number of alkyl halides is 2. The van der Waals surface area contributed by atoms with Crippen LogP contribution < -0.4 is 0 Å². The fourth-order valence-corrected chi connectivity index (χ4v) is 5.08. The summed E-state index contributed by atoms with van der Waals surface area (Å²) >= 11 is 7.36. The number of fused-ring (bicyclic) bond motifs is 2. The van der Waals surface area contributed by atoms with Crippen molar-refractivity contribution in [2.75, 3.05) is 0 Å². The van der Waals surface area contributed by atoms with Gasteiger partial charge in [-0.1, -0.05) is 45.7 Å². The molecule has 0 amide bonds. The summed E-state index contributed by atoms with van der Waals surface area (Å²) in [6.07, 6.45) is 2.23. The molecule has 2 bridgehead atoms. The molecule has 0 aromatic rings. The quantitative estimate of drug-likeness (QED) is 0.790. The molecule has 5 unspecified atom stereocenters. The van der Waals surface area contributed by atoms with Crippen molar-refractivity contribution in [1.82, 2.24) is 0 Å². The summed E-state index contributed by atoms with van der Waals surface area (Å²) in [4.78, 5) is 0.520. The van der Waals surface area contributed by atoms with Crippen LogP contribution in [0.3, 0.4) is 0 Å². The van der Waals surface area contributed by atoms with Gasteiger partial charge in [-0.3, -0.25) is 0 Å². The lowest BCUT2D eigenvalue weighted by Crippen LogP contribution is -2.50. The summed E-state index contributed by atoms with van der Waals surface area (Å²) in [6.45, 7) is 4.20. The lowest BCUT2D eigenvalue weighted by atomic mass is 9.77. The molecule has 4 heteroatoms. The molecule has 2 fully saturated rings. The Kier molecular flexibility index (Phi) is 2.79. The van der Waals surface area contributed by atoms with Crippen LogP contribution in [-0.4, -0.2) is 32.1 Å². The first-order valence-electron chi connectivity index (χ1n) is 5.19. The van der Waals surface area contributed by atoms with Crippen molar-refractivity contribution in [2.45, 2.75) is 60.1 Å². The first-order valence-corrected chi connectivity index (χ1v) is 7.02. The second-order valence-corrected chi connectivity index (χ2v) is 6.33. The van der Waals surface area contributed by atoms with Gasteiger partial charge in [-0.15, -0.1) is 0 Å². The van der Waals surface area contributed by atoms with Crippen molar-refractivity contribution in [3.8, 4) is 0 Å². The zero-order valence-electron chi connectivity index (χ0n) is 8.46. The fourth-order valence-electron chi connectivity index (χ4n) is 2.83. The predicted molar refractivity (Wildman–Crippen MR) is 63.2 cm³/mol. The molecule has 2 saturated heterocycles. The summed E-state index contributed by atoms with van der Waals surface area (Å²) in [5.41, 5.74) is -0.534. The van der Waals surface area contributed by atoms with E-state index in [1.165, 1.54) is 0 Å². The van der Waals surface area contributed by atoms with Crippen molar-refractivity contribution in [3.05, 3.63) is 0 Å². The van der Waals surface area contributed by atoms with Crippen molar-refractivity contribution in [2.24, 2.45) is 0 Å². The van der Waals surface area contributed by atoms with E-state index in [2.05, 4.69) is 45.7 Å². The summed E-state index contributed by atoms with van der Waals surface area (Å²) in [5.74, 6) is 0. The molecule has 2 heterocycles. The highest BCUT2D eigenvalue weighted by atomic mass is 79.9. The van der Waals surface area contributed by atoms with Crippen LogP contribution in [0.4, 0.5) is 0 Å². The van der Waals surface area contributed by atoms with Crippen molar-refractivity contribution in [1.29, 1.82) is 0 Å². The van der Waals surface area contributed by atoms with Crippen LogP contribution in [0.2, 0.25) is 0 Å². The van der Waals surface area contributed by atoms with Gasteiger partial charge in [-0.05, 0) is 12.8 Å². The van der Waals surface area contributed by atoms with E-state index >= 15 is 0 Å². The monoisotopic (exact) mass is 326 g/mol. The molecule has 2 aliphatic rings. The fraction of sp³-hybridized carbons (Fsp3) is 1.00. The van der Waals surface area contributed by atoms with Crippen LogP contribution >= 0.6 is 31.9 Å². The highest BCUT2D eigenvalue weighted by Gasteiger charge is 2.68. The molecular formula is C10H16Br2O2. The standard InChI is InChI=1S/C10H16Br2O2/c1-3-9-5-6(13)10(4-2,14-9)8(12)7(9)11/h6-8,13H,3-5H2,1-2H3. The zero-order valence-corrected chi connectivity index (χ0v) is 11.6. The minimum absolute atomic E-state index is 0.163. The number of ether oxygens (including phenoxy) is 1. The Morgan fingerprint density at radius 2 is 1.93 bits per heavy atom. The van der Waals surface area contributed by atoms with Crippen molar-refractivity contribution >= 4 is 31.9 Å². The molecule has 14 heavy (non-hydrogen) atoms. The van der Waals surface area contributed by atoms with Crippen LogP contribution in [-0.2, 0) is 4.74 Å². The van der Waals surface area contributed by atoms with E-state index in [-0.39, 0.29) is 22.1 Å². The van der Waals surface area contributed by atoms with Gasteiger partial charge in [0.1, 0.15) is 5.60 Å². The maximum absolute atomic E-state index is 10.1. The topological polar surface area (TPSA) is 29.5 Å². The number of halogens is 2. The maximum atomic E-state index is 10.1. The molecular weight excluding hydrogens is 312 g/mol. The second-order valence-electron chi connectivity index (χ2n) is 4.35. The third-order valence-electron chi connectivity index (χ3n) is 3.87. The molecule has 5 atom stereocenters. The third-order valence-corrected chi connectivity index (χ3v) is 7.25. The Balaban J connectivity index is 2.38. The number of rotatable bonds is 2. The van der Waals surface area contributed by atoms with E-state index in [0.717, 1.165) is 19.3 Å². The Morgan fingerprint density at radius 1 is 1.29 bits per heavy atom. The predicted octanol–water partition coefficient (Wildman–Crippen LogP) is 2.61. The number of aliphatic hydroxyl groups is 1. The van der Waals surface area contributed by atoms with Gasteiger partial charge in [0.25, 0.3) is 0 Å². The van der Waals surface area contributed by atoms with Crippen LogP contribution in [0.1, 0.15) is 33.1 Å².